The zero-order chi connectivity index (χ0) is 20.5. The fraction of sp³-hybridized carbons (Fsp3) is 0.550. The summed E-state index contributed by atoms with van der Waals surface area (Å²) in [5, 5.41) is 3.17. The molecule has 2 amide bonds. The van der Waals surface area contributed by atoms with Crippen LogP contribution in [-0.2, 0) is 17.8 Å². The molecule has 0 bridgehead atoms. The van der Waals surface area contributed by atoms with Gasteiger partial charge in [0.2, 0.25) is 5.91 Å². The molecule has 29 heavy (non-hydrogen) atoms. The first-order valence-electron chi connectivity index (χ1n) is 10.0. The molecule has 2 aliphatic rings. The Bertz CT molecular complexity index is 926. The van der Waals surface area contributed by atoms with E-state index in [-0.39, 0.29) is 17.9 Å². The fourth-order valence-corrected chi connectivity index (χ4v) is 4.90. The normalized spacial score (nSPS) is 19.1. The van der Waals surface area contributed by atoms with Gasteiger partial charge in [0.25, 0.3) is 5.91 Å². The van der Waals surface area contributed by atoms with Gasteiger partial charge in [-0.3, -0.25) is 9.59 Å². The smallest absolute Gasteiger partial charge is 0.266 e. The maximum atomic E-state index is 13.2. The van der Waals surface area contributed by atoms with Crippen molar-refractivity contribution in [1.82, 2.24) is 24.8 Å². The first-order valence-corrected chi connectivity index (χ1v) is 10.9. The standard InChI is InChI=1S/C20H26N6O2S/c1-12-17(29-11-22-12)20(28)26-8-5-4-6-16(26)19-23-15-7-9-25(13(2)27)10-14(15)18(21-3)24-19/h11,16H,4-10H2,1-3H3,(H,21,23,24). The van der Waals surface area contributed by atoms with Crippen molar-refractivity contribution >= 4 is 29.0 Å². The van der Waals surface area contributed by atoms with E-state index in [1.165, 1.54) is 11.3 Å². The number of hydrogen-bond acceptors (Lipinski definition) is 7. The first kappa shape index (κ1) is 19.8. The summed E-state index contributed by atoms with van der Waals surface area (Å²) in [5.74, 6) is 1.53. The monoisotopic (exact) mass is 414 g/mol. The summed E-state index contributed by atoms with van der Waals surface area (Å²) in [6, 6.07) is -0.138. The zero-order valence-corrected chi connectivity index (χ0v) is 17.9. The molecule has 4 heterocycles. The highest BCUT2D eigenvalue weighted by Gasteiger charge is 2.34. The van der Waals surface area contributed by atoms with E-state index in [1.807, 2.05) is 23.8 Å². The molecule has 154 valence electrons. The average molecular weight is 415 g/mol. The van der Waals surface area contributed by atoms with Crippen molar-refractivity contribution in [2.75, 3.05) is 25.5 Å². The number of fused-ring (bicyclic) bond motifs is 1. The molecule has 0 spiro atoms. The molecule has 0 saturated carbocycles. The molecule has 1 saturated heterocycles. The number of aromatic nitrogens is 3. The summed E-state index contributed by atoms with van der Waals surface area (Å²) < 4.78 is 0. The Hall–Kier alpha value is -2.55. The van der Waals surface area contributed by atoms with E-state index >= 15 is 0 Å². The lowest BCUT2D eigenvalue weighted by Crippen LogP contribution is -2.40. The van der Waals surface area contributed by atoms with E-state index in [9.17, 15) is 9.59 Å². The molecule has 2 aliphatic heterocycles. The third kappa shape index (κ3) is 3.71. The van der Waals surface area contributed by atoms with Gasteiger partial charge < -0.3 is 15.1 Å². The molecule has 2 aromatic rings. The van der Waals surface area contributed by atoms with Gasteiger partial charge in [-0.2, -0.15) is 0 Å². The van der Waals surface area contributed by atoms with Crippen molar-refractivity contribution in [3.8, 4) is 0 Å². The van der Waals surface area contributed by atoms with Crippen molar-refractivity contribution < 1.29 is 9.59 Å². The molecule has 0 aromatic carbocycles. The average Bonchev–Trinajstić information content (AvgIpc) is 3.17. The maximum Gasteiger partial charge on any atom is 0.266 e. The number of nitrogens with one attached hydrogen (secondary N) is 1. The largest absolute Gasteiger partial charge is 0.373 e. The minimum Gasteiger partial charge on any atom is -0.373 e. The SMILES string of the molecule is CNc1nc(C2CCCCN2C(=O)c2scnc2C)nc2c1CN(C(C)=O)CC2. The zero-order valence-electron chi connectivity index (χ0n) is 17.1. The summed E-state index contributed by atoms with van der Waals surface area (Å²) in [4.78, 5) is 43.3. The van der Waals surface area contributed by atoms with Crippen molar-refractivity contribution in [3.05, 3.63) is 33.2 Å². The van der Waals surface area contributed by atoms with Crippen molar-refractivity contribution in [3.63, 3.8) is 0 Å². The second-order valence-electron chi connectivity index (χ2n) is 7.57. The summed E-state index contributed by atoms with van der Waals surface area (Å²) in [6.45, 7) is 5.35. The second-order valence-corrected chi connectivity index (χ2v) is 8.43. The third-order valence-corrected chi connectivity index (χ3v) is 6.68. The molecule has 9 heteroatoms. The van der Waals surface area contributed by atoms with E-state index < -0.39 is 0 Å². The topological polar surface area (TPSA) is 91.3 Å². The summed E-state index contributed by atoms with van der Waals surface area (Å²) in [7, 11) is 1.84. The van der Waals surface area contributed by atoms with Crippen LogP contribution in [0.25, 0.3) is 0 Å². The minimum atomic E-state index is -0.138. The Kier molecular flexibility index (Phi) is 5.49. The molecular formula is C20H26N6O2S. The number of thiazole rings is 1. The number of hydrogen-bond donors (Lipinski definition) is 1. The van der Waals surface area contributed by atoms with Gasteiger partial charge in [0, 0.05) is 39.0 Å². The van der Waals surface area contributed by atoms with Crippen LogP contribution in [0.1, 0.15) is 64.7 Å². The number of rotatable bonds is 3. The molecule has 1 N–H and O–H groups in total. The maximum absolute atomic E-state index is 13.2. The number of aryl methyl sites for hydroxylation is 1. The lowest BCUT2D eigenvalue weighted by molar-refractivity contribution is -0.129. The number of piperidine rings is 1. The summed E-state index contributed by atoms with van der Waals surface area (Å²) in [6.07, 6.45) is 3.58. The first-order chi connectivity index (χ1) is 14.0. The predicted octanol–water partition coefficient (Wildman–Crippen LogP) is 2.56. The van der Waals surface area contributed by atoms with Gasteiger partial charge >= 0.3 is 0 Å². The molecular weight excluding hydrogens is 388 g/mol. The van der Waals surface area contributed by atoms with Gasteiger partial charge in [-0.1, -0.05) is 0 Å². The van der Waals surface area contributed by atoms with Crippen LogP contribution in [-0.4, -0.2) is 56.7 Å². The minimum absolute atomic E-state index is 0.0183. The number of anilines is 1. The van der Waals surface area contributed by atoms with Gasteiger partial charge in [-0.15, -0.1) is 11.3 Å². The van der Waals surface area contributed by atoms with Crippen LogP contribution >= 0.6 is 11.3 Å². The number of likely N-dealkylation sites (tertiary alicyclic amines) is 1. The molecule has 1 fully saturated rings. The number of amides is 2. The van der Waals surface area contributed by atoms with Crippen LogP contribution in [0.15, 0.2) is 5.51 Å². The Morgan fingerprint density at radius 2 is 2.07 bits per heavy atom. The lowest BCUT2D eigenvalue weighted by atomic mass is 9.99. The predicted molar refractivity (Wildman–Crippen MR) is 111 cm³/mol. The van der Waals surface area contributed by atoms with Gasteiger partial charge in [0.15, 0.2) is 5.82 Å². The summed E-state index contributed by atoms with van der Waals surface area (Å²) >= 11 is 1.39. The van der Waals surface area contributed by atoms with Gasteiger partial charge in [-0.25, -0.2) is 15.0 Å². The van der Waals surface area contributed by atoms with Crippen molar-refractivity contribution in [2.45, 2.75) is 52.1 Å². The third-order valence-electron chi connectivity index (χ3n) is 5.76. The Morgan fingerprint density at radius 3 is 2.76 bits per heavy atom. The van der Waals surface area contributed by atoms with Crippen LogP contribution in [0.3, 0.4) is 0 Å². The van der Waals surface area contributed by atoms with Crippen LogP contribution in [0.4, 0.5) is 5.82 Å². The van der Waals surface area contributed by atoms with Crippen molar-refractivity contribution in [2.24, 2.45) is 0 Å². The van der Waals surface area contributed by atoms with E-state index in [1.54, 1.807) is 12.4 Å². The number of carbonyl (C=O) groups excluding carboxylic acids is 2. The van der Waals surface area contributed by atoms with Crippen LogP contribution in [0.2, 0.25) is 0 Å². The molecule has 0 radical (unpaired) electrons. The highest BCUT2D eigenvalue weighted by molar-refractivity contribution is 7.11. The van der Waals surface area contributed by atoms with E-state index in [4.69, 9.17) is 9.97 Å². The van der Waals surface area contributed by atoms with Crippen LogP contribution in [0, 0.1) is 6.92 Å². The van der Waals surface area contributed by atoms with Crippen LogP contribution in [0.5, 0.6) is 0 Å². The lowest BCUT2D eigenvalue weighted by Gasteiger charge is -2.36. The highest BCUT2D eigenvalue weighted by atomic mass is 32.1. The highest BCUT2D eigenvalue weighted by Crippen LogP contribution is 2.34. The molecule has 8 nitrogen and oxygen atoms in total. The fourth-order valence-electron chi connectivity index (χ4n) is 4.14. The number of nitrogens with zero attached hydrogens (tertiary/aromatic N) is 5. The van der Waals surface area contributed by atoms with Gasteiger partial charge in [-0.05, 0) is 26.2 Å². The van der Waals surface area contributed by atoms with E-state index in [0.717, 1.165) is 42.0 Å². The molecule has 1 unspecified atom stereocenters. The van der Waals surface area contributed by atoms with E-state index in [0.29, 0.717) is 36.8 Å². The quantitative estimate of drug-likeness (QED) is 0.830. The second kappa shape index (κ2) is 8.06. The Labute approximate surface area is 174 Å². The Balaban J connectivity index is 1.68. The van der Waals surface area contributed by atoms with Crippen LogP contribution < -0.4 is 5.32 Å². The number of carbonyl (C=O) groups is 2. The Morgan fingerprint density at radius 1 is 1.24 bits per heavy atom. The van der Waals surface area contributed by atoms with Crippen molar-refractivity contribution in [1.29, 1.82) is 0 Å². The molecule has 2 aromatic heterocycles. The van der Waals surface area contributed by atoms with E-state index in [2.05, 4.69) is 10.3 Å². The van der Waals surface area contributed by atoms with Gasteiger partial charge in [0.1, 0.15) is 10.7 Å². The van der Waals surface area contributed by atoms with Gasteiger partial charge in [0.05, 0.1) is 29.5 Å². The molecule has 1 atom stereocenters. The molecule has 4 rings (SSSR count). The summed E-state index contributed by atoms with van der Waals surface area (Å²) in [5.41, 5.74) is 4.45. The molecule has 0 aliphatic carbocycles.